The fourth-order valence-corrected chi connectivity index (χ4v) is 5.86. The molecule has 0 fully saturated rings. The smallest absolute Gasteiger partial charge is 0.357 e. The Bertz CT molecular complexity index is 2190. The standard InChI is InChI=1S/C48H36N2O8/c51-45(55-29-33-13-5-1-6-14-33)41-25-39(26-42(49-41)46(52)56-30-34-15-7-2-8-16-34)37-21-23-38(24-22-37)40-27-43(47(53)57-31-35-17-9-3-10-18-35)50-44(28-40)48(54)58-32-36-19-11-4-12-20-36/h1-28H,29-32H2. The van der Waals surface area contributed by atoms with E-state index in [1.807, 2.05) is 121 Å². The van der Waals surface area contributed by atoms with Gasteiger partial charge in [0.2, 0.25) is 0 Å². The first kappa shape index (κ1) is 38.6. The molecule has 0 saturated heterocycles. The van der Waals surface area contributed by atoms with E-state index in [1.54, 1.807) is 48.5 Å². The van der Waals surface area contributed by atoms with Gasteiger partial charge in [-0.05, 0) is 68.8 Å². The number of nitrogens with zero attached hydrogens (tertiary/aromatic N) is 2. The van der Waals surface area contributed by atoms with E-state index in [4.69, 9.17) is 18.9 Å². The second-order valence-corrected chi connectivity index (χ2v) is 13.1. The highest BCUT2D eigenvalue weighted by atomic mass is 16.5. The Balaban J connectivity index is 1.17. The lowest BCUT2D eigenvalue weighted by Crippen LogP contribution is -2.13. The van der Waals surface area contributed by atoms with Crippen molar-refractivity contribution < 1.29 is 38.1 Å². The predicted molar refractivity (Wildman–Crippen MR) is 215 cm³/mol. The molecular formula is C48H36N2O8. The molecule has 0 aliphatic carbocycles. The number of aromatic nitrogens is 2. The Morgan fingerprint density at radius 3 is 0.759 bits per heavy atom. The average Bonchev–Trinajstić information content (AvgIpc) is 3.29. The molecule has 0 atom stereocenters. The van der Waals surface area contributed by atoms with Crippen molar-refractivity contribution in [3.63, 3.8) is 0 Å². The highest BCUT2D eigenvalue weighted by molar-refractivity contribution is 5.95. The van der Waals surface area contributed by atoms with Crippen LogP contribution in [0.2, 0.25) is 0 Å². The van der Waals surface area contributed by atoms with Crippen LogP contribution in [0.1, 0.15) is 64.2 Å². The topological polar surface area (TPSA) is 131 Å². The van der Waals surface area contributed by atoms with Crippen LogP contribution in [-0.4, -0.2) is 33.8 Å². The van der Waals surface area contributed by atoms with Gasteiger partial charge in [0.25, 0.3) is 0 Å². The lowest BCUT2D eigenvalue weighted by atomic mass is 9.99. The molecule has 2 heterocycles. The fraction of sp³-hybridized carbons (Fsp3) is 0.0833. The summed E-state index contributed by atoms with van der Waals surface area (Å²) < 4.78 is 22.2. The summed E-state index contributed by atoms with van der Waals surface area (Å²) in [5.41, 5.74) is 5.16. The summed E-state index contributed by atoms with van der Waals surface area (Å²) in [5, 5.41) is 0. The molecule has 10 nitrogen and oxygen atoms in total. The zero-order chi connectivity index (χ0) is 40.1. The van der Waals surface area contributed by atoms with Crippen LogP contribution in [0.15, 0.2) is 170 Å². The Kier molecular flexibility index (Phi) is 12.5. The molecule has 5 aromatic carbocycles. The van der Waals surface area contributed by atoms with Gasteiger partial charge in [-0.3, -0.25) is 0 Å². The van der Waals surface area contributed by atoms with Crippen molar-refractivity contribution in [3.8, 4) is 22.3 Å². The number of carbonyl (C=O) groups is 4. The summed E-state index contributed by atoms with van der Waals surface area (Å²) in [4.78, 5) is 61.9. The van der Waals surface area contributed by atoms with Gasteiger partial charge >= 0.3 is 23.9 Å². The molecule has 7 rings (SSSR count). The van der Waals surface area contributed by atoms with E-state index in [-0.39, 0.29) is 49.2 Å². The first-order valence-electron chi connectivity index (χ1n) is 18.4. The van der Waals surface area contributed by atoms with Gasteiger partial charge in [0.1, 0.15) is 49.2 Å². The van der Waals surface area contributed by atoms with Crippen LogP contribution >= 0.6 is 0 Å². The minimum absolute atomic E-state index is 0.0174. The van der Waals surface area contributed by atoms with E-state index in [0.29, 0.717) is 22.3 Å². The van der Waals surface area contributed by atoms with E-state index in [9.17, 15) is 19.2 Å². The van der Waals surface area contributed by atoms with E-state index in [2.05, 4.69) is 9.97 Å². The zero-order valence-electron chi connectivity index (χ0n) is 31.2. The average molecular weight is 769 g/mol. The second-order valence-electron chi connectivity index (χ2n) is 13.1. The number of rotatable bonds is 14. The maximum absolute atomic E-state index is 13.3. The fourth-order valence-electron chi connectivity index (χ4n) is 5.86. The molecule has 2 aromatic heterocycles. The molecule has 0 spiro atoms. The summed E-state index contributed by atoms with van der Waals surface area (Å²) in [7, 11) is 0. The van der Waals surface area contributed by atoms with Crippen molar-refractivity contribution in [2.45, 2.75) is 26.4 Å². The van der Waals surface area contributed by atoms with Crippen LogP contribution in [-0.2, 0) is 45.4 Å². The van der Waals surface area contributed by atoms with Crippen molar-refractivity contribution in [2.75, 3.05) is 0 Å². The molecule has 0 aliphatic heterocycles. The van der Waals surface area contributed by atoms with Crippen LogP contribution in [0.4, 0.5) is 0 Å². The van der Waals surface area contributed by atoms with Crippen LogP contribution in [0.25, 0.3) is 22.3 Å². The lowest BCUT2D eigenvalue weighted by Gasteiger charge is -2.12. The largest absolute Gasteiger partial charge is 0.456 e. The molecule has 0 aliphatic rings. The Labute approximate surface area is 334 Å². The van der Waals surface area contributed by atoms with Crippen LogP contribution in [0.3, 0.4) is 0 Å². The second kappa shape index (κ2) is 18.7. The number of benzene rings is 5. The zero-order valence-corrected chi connectivity index (χ0v) is 31.2. The SMILES string of the molecule is O=C(OCc1ccccc1)c1cc(-c2ccc(-c3cc(C(=O)OCc4ccccc4)nc(C(=O)OCc4ccccc4)c3)cc2)cc(C(=O)OCc2ccccc2)n1. The van der Waals surface area contributed by atoms with E-state index in [0.717, 1.165) is 22.3 Å². The van der Waals surface area contributed by atoms with Crippen LogP contribution < -0.4 is 0 Å². The number of ether oxygens (including phenoxy) is 4. The molecule has 286 valence electrons. The summed E-state index contributed by atoms with van der Waals surface area (Å²) in [6.45, 7) is 0.0697. The summed E-state index contributed by atoms with van der Waals surface area (Å²) in [6.07, 6.45) is 0. The lowest BCUT2D eigenvalue weighted by molar-refractivity contribution is 0.0439. The molecule has 58 heavy (non-hydrogen) atoms. The molecule has 10 heteroatoms. The monoisotopic (exact) mass is 768 g/mol. The van der Waals surface area contributed by atoms with Crippen molar-refractivity contribution in [1.82, 2.24) is 9.97 Å². The Hall–Kier alpha value is -7.72. The van der Waals surface area contributed by atoms with Crippen LogP contribution in [0, 0.1) is 0 Å². The van der Waals surface area contributed by atoms with Gasteiger partial charge in [0.05, 0.1) is 0 Å². The van der Waals surface area contributed by atoms with Crippen LogP contribution in [0.5, 0.6) is 0 Å². The van der Waals surface area contributed by atoms with Crippen molar-refractivity contribution in [1.29, 1.82) is 0 Å². The van der Waals surface area contributed by atoms with Gasteiger partial charge in [-0.1, -0.05) is 146 Å². The first-order valence-corrected chi connectivity index (χ1v) is 18.4. The van der Waals surface area contributed by atoms with Crippen molar-refractivity contribution in [2.24, 2.45) is 0 Å². The van der Waals surface area contributed by atoms with Gasteiger partial charge in [-0.15, -0.1) is 0 Å². The molecule has 0 bridgehead atoms. The highest BCUT2D eigenvalue weighted by Gasteiger charge is 2.21. The molecule has 0 N–H and O–H groups in total. The van der Waals surface area contributed by atoms with E-state index < -0.39 is 23.9 Å². The van der Waals surface area contributed by atoms with Gasteiger partial charge < -0.3 is 18.9 Å². The third-order valence-electron chi connectivity index (χ3n) is 8.89. The molecule has 0 radical (unpaired) electrons. The quantitative estimate of drug-likeness (QED) is 0.0780. The maximum atomic E-state index is 13.3. The van der Waals surface area contributed by atoms with Crippen molar-refractivity contribution in [3.05, 3.63) is 215 Å². The number of hydrogen-bond acceptors (Lipinski definition) is 10. The Morgan fingerprint density at radius 2 is 0.534 bits per heavy atom. The van der Waals surface area contributed by atoms with Gasteiger partial charge in [-0.25, -0.2) is 29.1 Å². The number of carbonyl (C=O) groups excluding carboxylic acids is 4. The van der Waals surface area contributed by atoms with E-state index in [1.165, 1.54) is 0 Å². The van der Waals surface area contributed by atoms with E-state index >= 15 is 0 Å². The number of pyridine rings is 2. The minimum atomic E-state index is -0.713. The van der Waals surface area contributed by atoms with Gasteiger partial charge in [0, 0.05) is 0 Å². The number of hydrogen-bond donors (Lipinski definition) is 0. The minimum Gasteiger partial charge on any atom is -0.456 e. The summed E-state index contributed by atoms with van der Waals surface area (Å²) in [6, 6.07) is 50.2. The third kappa shape index (κ3) is 10.3. The highest BCUT2D eigenvalue weighted by Crippen LogP contribution is 2.28. The molecule has 0 unspecified atom stereocenters. The van der Waals surface area contributed by atoms with Gasteiger partial charge in [0.15, 0.2) is 0 Å². The first-order chi connectivity index (χ1) is 28.4. The summed E-state index contributed by atoms with van der Waals surface area (Å²) >= 11 is 0. The molecular weight excluding hydrogens is 733 g/mol. The molecule has 0 saturated carbocycles. The Morgan fingerprint density at radius 1 is 0.310 bits per heavy atom. The number of esters is 4. The predicted octanol–water partition coefficient (Wildman–Crippen LogP) is 9.24. The normalized spacial score (nSPS) is 10.6. The maximum Gasteiger partial charge on any atom is 0.357 e. The van der Waals surface area contributed by atoms with Crippen molar-refractivity contribution >= 4 is 23.9 Å². The van der Waals surface area contributed by atoms with Gasteiger partial charge in [-0.2, -0.15) is 0 Å². The molecule has 0 amide bonds. The summed E-state index contributed by atoms with van der Waals surface area (Å²) in [5.74, 6) is -2.85. The third-order valence-corrected chi connectivity index (χ3v) is 8.89. The molecule has 7 aromatic rings.